The summed E-state index contributed by atoms with van der Waals surface area (Å²) in [5, 5.41) is 2.74. The van der Waals surface area contributed by atoms with E-state index in [1.807, 2.05) is 36.2 Å². The molecule has 1 aliphatic carbocycles. The molecule has 1 unspecified atom stereocenters. The Morgan fingerprint density at radius 1 is 1.15 bits per heavy atom. The molecule has 0 saturated heterocycles. The Morgan fingerprint density at radius 3 is 2.62 bits per heavy atom. The summed E-state index contributed by atoms with van der Waals surface area (Å²) in [4.78, 5) is 26.7. The van der Waals surface area contributed by atoms with E-state index in [2.05, 4.69) is 29.6 Å². The second-order valence-corrected chi connectivity index (χ2v) is 7.65. The monoisotopic (exact) mass is 368 g/mol. The molecule has 136 valence electrons. The Hall–Kier alpha value is -2.27. The number of nitrogens with one attached hydrogen (secondary N) is 1. The lowest BCUT2D eigenvalue weighted by molar-refractivity contribution is -0.129. The Balaban J connectivity index is 1.59. The summed E-state index contributed by atoms with van der Waals surface area (Å²) in [6, 6.07) is 16.2. The van der Waals surface area contributed by atoms with Crippen LogP contribution in [0.15, 0.2) is 53.4 Å². The molecule has 0 aliphatic heterocycles. The third kappa shape index (κ3) is 4.47. The Morgan fingerprint density at radius 2 is 1.88 bits per heavy atom. The van der Waals surface area contributed by atoms with Crippen LogP contribution in [0.5, 0.6) is 0 Å². The van der Waals surface area contributed by atoms with Gasteiger partial charge < -0.3 is 10.2 Å². The summed E-state index contributed by atoms with van der Waals surface area (Å²) in [5.74, 6) is 0.465. The topological polar surface area (TPSA) is 49.4 Å². The normalized spacial score (nSPS) is 15.8. The van der Waals surface area contributed by atoms with Crippen molar-refractivity contribution < 1.29 is 9.59 Å². The summed E-state index contributed by atoms with van der Waals surface area (Å²) in [5.41, 5.74) is 3.42. The molecule has 2 amide bonds. The van der Waals surface area contributed by atoms with Crippen molar-refractivity contribution in [2.75, 3.05) is 18.1 Å². The number of benzene rings is 2. The van der Waals surface area contributed by atoms with Gasteiger partial charge in [0, 0.05) is 24.6 Å². The molecule has 1 N–H and O–H groups in total. The Labute approximate surface area is 159 Å². The van der Waals surface area contributed by atoms with Gasteiger partial charge in [-0.25, -0.2) is 0 Å². The maximum atomic E-state index is 12.7. The molecule has 2 aromatic carbocycles. The average molecular weight is 369 g/mol. The maximum absolute atomic E-state index is 12.7. The highest BCUT2D eigenvalue weighted by atomic mass is 32.2. The number of hydrogen-bond acceptors (Lipinski definition) is 3. The fraction of sp³-hybridized carbons (Fsp3) is 0.333. The van der Waals surface area contributed by atoms with E-state index in [0.29, 0.717) is 5.75 Å². The van der Waals surface area contributed by atoms with Crippen LogP contribution in [0.2, 0.25) is 0 Å². The third-order valence-corrected chi connectivity index (χ3v) is 5.73. The van der Waals surface area contributed by atoms with Crippen molar-refractivity contribution in [3.63, 3.8) is 0 Å². The van der Waals surface area contributed by atoms with Crippen molar-refractivity contribution in [2.45, 2.75) is 37.1 Å². The number of thioether (sulfide) groups is 1. The number of aryl methyl sites for hydroxylation is 1. The number of fused-ring (bicyclic) bond motifs is 1. The number of nitrogens with zero attached hydrogens (tertiary/aromatic N) is 1. The van der Waals surface area contributed by atoms with Crippen molar-refractivity contribution in [1.82, 2.24) is 4.90 Å². The molecule has 3 rings (SSSR count). The molecule has 0 aromatic heterocycles. The van der Waals surface area contributed by atoms with Gasteiger partial charge in [0.25, 0.3) is 0 Å². The largest absolute Gasteiger partial charge is 0.338 e. The first-order chi connectivity index (χ1) is 12.5. The Bertz CT molecular complexity index is 789. The fourth-order valence-corrected chi connectivity index (χ4v) is 4.21. The first-order valence-electron chi connectivity index (χ1n) is 8.88. The molecular formula is C21H24N2O2S. The van der Waals surface area contributed by atoms with Gasteiger partial charge in [-0.2, -0.15) is 0 Å². The summed E-state index contributed by atoms with van der Waals surface area (Å²) < 4.78 is 0. The fourth-order valence-electron chi connectivity index (χ4n) is 3.39. The Kier molecular flexibility index (Phi) is 5.99. The van der Waals surface area contributed by atoms with Crippen LogP contribution in [-0.2, 0) is 16.0 Å². The zero-order valence-corrected chi connectivity index (χ0v) is 16.0. The molecule has 0 saturated carbocycles. The van der Waals surface area contributed by atoms with Crippen LogP contribution >= 0.6 is 11.8 Å². The van der Waals surface area contributed by atoms with Crippen molar-refractivity contribution in [3.05, 3.63) is 59.7 Å². The van der Waals surface area contributed by atoms with Gasteiger partial charge in [0.15, 0.2) is 0 Å². The summed E-state index contributed by atoms with van der Waals surface area (Å²) in [6.07, 6.45) is 3.25. The van der Waals surface area contributed by atoms with Gasteiger partial charge in [-0.1, -0.05) is 24.3 Å². The molecule has 0 heterocycles. The lowest BCUT2D eigenvalue weighted by atomic mass is 9.87. The summed E-state index contributed by atoms with van der Waals surface area (Å²) in [6.45, 7) is 1.49. The smallest absolute Gasteiger partial charge is 0.233 e. The molecule has 1 atom stereocenters. The number of anilines is 1. The van der Waals surface area contributed by atoms with Crippen molar-refractivity contribution >= 4 is 29.3 Å². The SMILES string of the molecule is CC(=O)Nc1ccc(SCC(=O)N(C)C2CCCc3ccccc32)cc1. The third-order valence-electron chi connectivity index (χ3n) is 4.74. The predicted molar refractivity (Wildman–Crippen MR) is 106 cm³/mol. The quantitative estimate of drug-likeness (QED) is 0.802. The number of carbonyl (C=O) groups is 2. The van der Waals surface area contributed by atoms with E-state index >= 15 is 0 Å². The van der Waals surface area contributed by atoms with Crippen LogP contribution in [0.1, 0.15) is 36.9 Å². The second kappa shape index (κ2) is 8.41. The van der Waals surface area contributed by atoms with E-state index in [1.165, 1.54) is 29.8 Å². The minimum Gasteiger partial charge on any atom is -0.338 e. The van der Waals surface area contributed by atoms with Crippen LogP contribution < -0.4 is 5.32 Å². The van der Waals surface area contributed by atoms with E-state index in [9.17, 15) is 9.59 Å². The van der Waals surface area contributed by atoms with Gasteiger partial charge in [-0.3, -0.25) is 9.59 Å². The van der Waals surface area contributed by atoms with E-state index in [-0.39, 0.29) is 17.9 Å². The van der Waals surface area contributed by atoms with Gasteiger partial charge >= 0.3 is 0 Å². The van der Waals surface area contributed by atoms with Crippen LogP contribution in [0.25, 0.3) is 0 Å². The molecular weight excluding hydrogens is 344 g/mol. The standard InChI is InChI=1S/C21H24N2O2S/c1-15(24)22-17-10-12-18(13-11-17)26-14-21(25)23(2)20-9-5-7-16-6-3-4-8-19(16)20/h3-4,6,8,10-13,20H,5,7,9,14H2,1-2H3,(H,22,24). The van der Waals surface area contributed by atoms with Gasteiger partial charge in [0.2, 0.25) is 11.8 Å². The number of amides is 2. The van der Waals surface area contributed by atoms with Gasteiger partial charge in [-0.05, 0) is 54.7 Å². The van der Waals surface area contributed by atoms with E-state index in [1.54, 1.807) is 0 Å². The van der Waals surface area contributed by atoms with Gasteiger partial charge in [0.05, 0.1) is 11.8 Å². The minimum atomic E-state index is -0.0880. The van der Waals surface area contributed by atoms with Gasteiger partial charge in [-0.15, -0.1) is 11.8 Å². The molecule has 0 bridgehead atoms. The number of rotatable bonds is 5. The molecule has 0 fully saturated rings. The highest BCUT2D eigenvalue weighted by Gasteiger charge is 2.26. The lowest BCUT2D eigenvalue weighted by Gasteiger charge is -2.33. The molecule has 4 nitrogen and oxygen atoms in total. The first kappa shape index (κ1) is 18.5. The predicted octanol–water partition coefficient (Wildman–Crippen LogP) is 4.27. The van der Waals surface area contributed by atoms with E-state index in [0.717, 1.165) is 29.8 Å². The molecule has 26 heavy (non-hydrogen) atoms. The highest BCUT2D eigenvalue weighted by molar-refractivity contribution is 8.00. The van der Waals surface area contributed by atoms with E-state index < -0.39 is 0 Å². The molecule has 1 aliphatic rings. The lowest BCUT2D eigenvalue weighted by Crippen LogP contribution is -2.34. The maximum Gasteiger partial charge on any atom is 0.233 e. The molecule has 5 heteroatoms. The average Bonchev–Trinajstić information content (AvgIpc) is 2.65. The number of hydrogen-bond donors (Lipinski definition) is 1. The van der Waals surface area contributed by atoms with Crippen LogP contribution in [0.4, 0.5) is 5.69 Å². The second-order valence-electron chi connectivity index (χ2n) is 6.61. The molecule has 0 spiro atoms. The summed E-state index contributed by atoms with van der Waals surface area (Å²) >= 11 is 1.53. The first-order valence-corrected chi connectivity index (χ1v) is 9.87. The van der Waals surface area contributed by atoms with Gasteiger partial charge in [0.1, 0.15) is 0 Å². The zero-order chi connectivity index (χ0) is 18.5. The van der Waals surface area contributed by atoms with E-state index in [4.69, 9.17) is 0 Å². The van der Waals surface area contributed by atoms with Crippen LogP contribution in [0.3, 0.4) is 0 Å². The summed E-state index contributed by atoms with van der Waals surface area (Å²) in [7, 11) is 1.91. The highest BCUT2D eigenvalue weighted by Crippen LogP contribution is 2.34. The molecule has 2 aromatic rings. The van der Waals surface area contributed by atoms with Crippen molar-refractivity contribution in [3.8, 4) is 0 Å². The number of carbonyl (C=O) groups excluding carboxylic acids is 2. The zero-order valence-electron chi connectivity index (χ0n) is 15.2. The minimum absolute atomic E-state index is 0.0880. The van der Waals surface area contributed by atoms with Crippen molar-refractivity contribution in [2.24, 2.45) is 0 Å². The molecule has 0 radical (unpaired) electrons. The van der Waals surface area contributed by atoms with Crippen LogP contribution in [-0.4, -0.2) is 29.5 Å². The van der Waals surface area contributed by atoms with Crippen molar-refractivity contribution in [1.29, 1.82) is 0 Å². The van der Waals surface area contributed by atoms with Crippen LogP contribution in [0, 0.1) is 0 Å².